The molecule has 3 rings (SSSR count). The quantitative estimate of drug-likeness (QED) is 0.759. The van der Waals surface area contributed by atoms with E-state index in [4.69, 9.17) is 9.47 Å². The topological polar surface area (TPSA) is 42.0 Å². The van der Waals surface area contributed by atoms with Crippen molar-refractivity contribution in [3.8, 4) is 11.5 Å². The minimum absolute atomic E-state index is 0.0490. The molecule has 150 valence electrons. The van der Waals surface area contributed by atoms with Crippen molar-refractivity contribution in [2.75, 3.05) is 38.2 Å². The molecule has 0 aromatic heterocycles. The summed E-state index contributed by atoms with van der Waals surface area (Å²) in [5.74, 6) is 2.06. The molecule has 1 aliphatic heterocycles. The van der Waals surface area contributed by atoms with Crippen LogP contribution in [-0.2, 0) is 4.79 Å². The zero-order valence-electron chi connectivity index (χ0n) is 17.2. The Balaban J connectivity index is 1.57. The first-order valence-electron chi connectivity index (χ1n) is 9.93. The van der Waals surface area contributed by atoms with Gasteiger partial charge in [-0.25, -0.2) is 0 Å². The first-order valence-corrected chi connectivity index (χ1v) is 9.93. The van der Waals surface area contributed by atoms with E-state index in [1.165, 1.54) is 0 Å². The maximum atomic E-state index is 12.9. The van der Waals surface area contributed by atoms with Crippen LogP contribution in [0.4, 0.5) is 5.69 Å². The zero-order valence-corrected chi connectivity index (χ0v) is 17.2. The predicted molar refractivity (Wildman–Crippen MR) is 112 cm³/mol. The molecule has 0 radical (unpaired) electrons. The van der Waals surface area contributed by atoms with Crippen LogP contribution in [0.15, 0.2) is 48.5 Å². The van der Waals surface area contributed by atoms with Gasteiger partial charge in [0.25, 0.3) is 5.91 Å². The Hall–Kier alpha value is -2.69. The van der Waals surface area contributed by atoms with Gasteiger partial charge in [-0.3, -0.25) is 4.79 Å². The number of hydrogen-bond acceptors (Lipinski definition) is 4. The molecule has 2 aromatic rings. The van der Waals surface area contributed by atoms with Gasteiger partial charge in [0.15, 0.2) is 6.10 Å². The molecular weight excluding hydrogens is 352 g/mol. The van der Waals surface area contributed by atoms with E-state index in [2.05, 4.69) is 36.9 Å². The van der Waals surface area contributed by atoms with Crippen molar-refractivity contribution in [1.29, 1.82) is 0 Å². The lowest BCUT2D eigenvalue weighted by Crippen LogP contribution is -2.52. The smallest absolute Gasteiger partial charge is 0.263 e. The van der Waals surface area contributed by atoms with Crippen LogP contribution in [0.2, 0.25) is 0 Å². The number of carbonyl (C=O) groups excluding carboxylic acids is 1. The fourth-order valence-electron chi connectivity index (χ4n) is 3.54. The molecule has 0 bridgehead atoms. The maximum Gasteiger partial charge on any atom is 0.263 e. The summed E-state index contributed by atoms with van der Waals surface area (Å²) in [6, 6.07) is 16.0. The molecule has 1 atom stereocenters. The lowest BCUT2D eigenvalue weighted by molar-refractivity contribution is -0.138. The lowest BCUT2D eigenvalue weighted by atomic mass is 10.0. The highest BCUT2D eigenvalue weighted by molar-refractivity contribution is 5.81. The molecule has 0 aliphatic carbocycles. The Morgan fingerprint density at radius 2 is 1.57 bits per heavy atom. The number of para-hydroxylation sites is 1. The minimum atomic E-state index is -0.493. The number of rotatable bonds is 6. The summed E-state index contributed by atoms with van der Waals surface area (Å²) in [7, 11) is 1.67. The molecular formula is C23H30N2O3. The summed E-state index contributed by atoms with van der Waals surface area (Å²) in [5.41, 5.74) is 2.29. The van der Waals surface area contributed by atoms with E-state index in [9.17, 15) is 4.79 Å². The standard InChI is InChI=1S/C23H30N2O3/c1-17(2)21-7-5-6-8-22(21)28-18(3)23(26)25-15-13-24(14-16-25)19-9-11-20(27-4)12-10-19/h5-12,17-18H,13-16H2,1-4H3/t18-/m1/s1. The molecule has 1 heterocycles. The molecule has 0 unspecified atom stereocenters. The highest BCUT2D eigenvalue weighted by Gasteiger charge is 2.26. The Labute approximate surface area is 167 Å². The van der Waals surface area contributed by atoms with Crippen molar-refractivity contribution in [2.24, 2.45) is 0 Å². The third-order valence-electron chi connectivity index (χ3n) is 5.22. The molecule has 2 aromatic carbocycles. The van der Waals surface area contributed by atoms with Crippen molar-refractivity contribution >= 4 is 11.6 Å². The first-order chi connectivity index (χ1) is 13.5. The van der Waals surface area contributed by atoms with E-state index in [-0.39, 0.29) is 5.91 Å². The van der Waals surface area contributed by atoms with Gasteiger partial charge >= 0.3 is 0 Å². The van der Waals surface area contributed by atoms with E-state index in [0.29, 0.717) is 19.0 Å². The Kier molecular flexibility index (Phi) is 6.45. The van der Waals surface area contributed by atoms with Gasteiger partial charge in [0, 0.05) is 31.9 Å². The van der Waals surface area contributed by atoms with Crippen LogP contribution >= 0.6 is 0 Å². The number of nitrogens with zero attached hydrogens (tertiary/aromatic N) is 2. The summed E-state index contributed by atoms with van der Waals surface area (Å²) in [6.07, 6.45) is -0.493. The fraction of sp³-hybridized carbons (Fsp3) is 0.435. The van der Waals surface area contributed by atoms with Crippen molar-refractivity contribution in [3.63, 3.8) is 0 Å². The number of anilines is 1. The number of hydrogen-bond donors (Lipinski definition) is 0. The Morgan fingerprint density at radius 3 is 2.18 bits per heavy atom. The molecule has 0 N–H and O–H groups in total. The molecule has 5 heteroatoms. The average Bonchev–Trinajstić information content (AvgIpc) is 2.73. The molecule has 0 spiro atoms. The SMILES string of the molecule is COc1ccc(N2CCN(C(=O)[C@@H](C)Oc3ccccc3C(C)C)CC2)cc1. The van der Waals surface area contributed by atoms with Crippen molar-refractivity contribution < 1.29 is 14.3 Å². The van der Waals surface area contributed by atoms with Gasteiger partial charge in [-0.1, -0.05) is 32.0 Å². The number of ether oxygens (including phenoxy) is 2. The van der Waals surface area contributed by atoms with Crippen LogP contribution in [0.25, 0.3) is 0 Å². The molecule has 28 heavy (non-hydrogen) atoms. The second kappa shape index (κ2) is 9.00. The van der Waals surface area contributed by atoms with E-state index < -0.39 is 6.10 Å². The summed E-state index contributed by atoms with van der Waals surface area (Å²) < 4.78 is 11.3. The number of methoxy groups -OCH3 is 1. The van der Waals surface area contributed by atoms with Crippen LogP contribution in [-0.4, -0.2) is 50.2 Å². The zero-order chi connectivity index (χ0) is 20.1. The number of piperazine rings is 1. The van der Waals surface area contributed by atoms with Crippen molar-refractivity contribution in [2.45, 2.75) is 32.8 Å². The first kappa shape index (κ1) is 20.1. The second-order valence-electron chi connectivity index (χ2n) is 7.46. The third kappa shape index (κ3) is 4.58. The summed E-state index contributed by atoms with van der Waals surface area (Å²) in [5, 5.41) is 0. The van der Waals surface area contributed by atoms with Gasteiger partial charge in [-0.05, 0) is 48.7 Å². The summed E-state index contributed by atoms with van der Waals surface area (Å²) in [6.45, 7) is 9.13. The molecule has 1 amide bonds. The van der Waals surface area contributed by atoms with E-state index in [1.807, 2.05) is 42.2 Å². The normalized spacial score (nSPS) is 15.5. The fourth-order valence-corrected chi connectivity index (χ4v) is 3.54. The number of benzene rings is 2. The second-order valence-corrected chi connectivity index (χ2v) is 7.46. The number of amides is 1. The van der Waals surface area contributed by atoms with Gasteiger partial charge in [0.2, 0.25) is 0 Å². The molecule has 0 saturated carbocycles. The molecule has 5 nitrogen and oxygen atoms in total. The highest BCUT2D eigenvalue weighted by atomic mass is 16.5. The highest BCUT2D eigenvalue weighted by Crippen LogP contribution is 2.27. The molecule has 1 aliphatic rings. The average molecular weight is 383 g/mol. The third-order valence-corrected chi connectivity index (χ3v) is 5.22. The minimum Gasteiger partial charge on any atom is -0.497 e. The van der Waals surface area contributed by atoms with E-state index in [1.54, 1.807) is 7.11 Å². The molecule has 1 saturated heterocycles. The van der Waals surface area contributed by atoms with Gasteiger partial charge in [0.1, 0.15) is 11.5 Å². The summed E-state index contributed by atoms with van der Waals surface area (Å²) >= 11 is 0. The lowest BCUT2D eigenvalue weighted by Gasteiger charge is -2.37. The maximum absolute atomic E-state index is 12.9. The van der Waals surface area contributed by atoms with Gasteiger partial charge < -0.3 is 19.3 Å². The van der Waals surface area contributed by atoms with Crippen molar-refractivity contribution in [1.82, 2.24) is 4.90 Å². The van der Waals surface area contributed by atoms with Crippen LogP contribution in [0.3, 0.4) is 0 Å². The van der Waals surface area contributed by atoms with Crippen LogP contribution in [0, 0.1) is 0 Å². The summed E-state index contributed by atoms with van der Waals surface area (Å²) in [4.78, 5) is 17.1. The van der Waals surface area contributed by atoms with Crippen LogP contribution in [0.5, 0.6) is 11.5 Å². The van der Waals surface area contributed by atoms with Gasteiger partial charge in [-0.2, -0.15) is 0 Å². The largest absolute Gasteiger partial charge is 0.497 e. The predicted octanol–water partition coefficient (Wildman–Crippen LogP) is 3.93. The van der Waals surface area contributed by atoms with Gasteiger partial charge in [0.05, 0.1) is 7.11 Å². The molecule has 1 fully saturated rings. The number of carbonyl (C=O) groups is 1. The van der Waals surface area contributed by atoms with Gasteiger partial charge in [-0.15, -0.1) is 0 Å². The van der Waals surface area contributed by atoms with Crippen LogP contribution in [0.1, 0.15) is 32.3 Å². The van der Waals surface area contributed by atoms with E-state index in [0.717, 1.165) is 35.8 Å². The van der Waals surface area contributed by atoms with Crippen LogP contribution < -0.4 is 14.4 Å². The van der Waals surface area contributed by atoms with Crippen molar-refractivity contribution in [3.05, 3.63) is 54.1 Å². The Morgan fingerprint density at radius 1 is 0.929 bits per heavy atom. The van der Waals surface area contributed by atoms with E-state index >= 15 is 0 Å². The monoisotopic (exact) mass is 382 g/mol. The Bertz CT molecular complexity index is 781.